The Balaban J connectivity index is 1.75. The molecule has 1 aromatic carbocycles. The van der Waals surface area contributed by atoms with Crippen LogP contribution >= 0.6 is 11.6 Å². The largest absolute Gasteiger partial charge is 0.391 e. The molecule has 1 saturated heterocycles. The number of hydrogen-bond acceptors (Lipinski definition) is 3. The fourth-order valence-corrected chi connectivity index (χ4v) is 2.19. The Hall–Kier alpha value is -0.610. The van der Waals surface area contributed by atoms with Crippen LogP contribution in [0.15, 0.2) is 24.3 Å². The van der Waals surface area contributed by atoms with Crippen molar-refractivity contribution in [2.45, 2.75) is 12.6 Å². The van der Waals surface area contributed by atoms with Gasteiger partial charge in [0.1, 0.15) is 0 Å². The Morgan fingerprint density at radius 3 is 3.00 bits per heavy atom. The molecule has 0 bridgehead atoms. The van der Waals surface area contributed by atoms with Gasteiger partial charge in [0, 0.05) is 37.1 Å². The van der Waals surface area contributed by atoms with Crippen LogP contribution in [0.1, 0.15) is 5.56 Å². The minimum Gasteiger partial charge on any atom is -0.391 e. The first-order valence-electron chi connectivity index (χ1n) is 5.59. The molecule has 1 aliphatic heterocycles. The van der Waals surface area contributed by atoms with Crippen LogP contribution in [0.4, 0.5) is 0 Å². The van der Waals surface area contributed by atoms with Crippen LogP contribution in [0.2, 0.25) is 5.02 Å². The first kappa shape index (κ1) is 11.9. The van der Waals surface area contributed by atoms with Crippen LogP contribution < -0.4 is 10.6 Å². The molecule has 1 aliphatic rings. The van der Waals surface area contributed by atoms with Crippen molar-refractivity contribution >= 4 is 11.6 Å². The number of hydrogen-bond donors (Lipinski definition) is 3. The molecule has 0 amide bonds. The fourth-order valence-electron chi connectivity index (χ4n) is 1.98. The Bertz CT molecular complexity index is 346. The molecule has 2 rings (SSSR count). The highest BCUT2D eigenvalue weighted by atomic mass is 35.5. The van der Waals surface area contributed by atoms with Crippen molar-refractivity contribution in [1.29, 1.82) is 0 Å². The molecule has 1 aromatic rings. The van der Waals surface area contributed by atoms with E-state index in [2.05, 4.69) is 10.6 Å². The maximum atomic E-state index is 9.61. The summed E-state index contributed by atoms with van der Waals surface area (Å²) in [5, 5.41) is 16.9. The summed E-state index contributed by atoms with van der Waals surface area (Å²) in [5.41, 5.74) is 1.17. The number of rotatable bonds is 4. The topological polar surface area (TPSA) is 44.3 Å². The molecule has 0 spiro atoms. The molecule has 1 heterocycles. The summed E-state index contributed by atoms with van der Waals surface area (Å²) in [7, 11) is 0. The maximum absolute atomic E-state index is 9.61. The van der Waals surface area contributed by atoms with Gasteiger partial charge in [-0.15, -0.1) is 0 Å². The average molecular weight is 241 g/mol. The Morgan fingerprint density at radius 2 is 2.31 bits per heavy atom. The molecular formula is C12H17ClN2O. The lowest BCUT2D eigenvalue weighted by Gasteiger charge is -2.14. The van der Waals surface area contributed by atoms with Crippen molar-refractivity contribution < 1.29 is 5.11 Å². The lowest BCUT2D eigenvalue weighted by atomic mass is 10.1. The van der Waals surface area contributed by atoms with Crippen LogP contribution in [0.3, 0.4) is 0 Å². The summed E-state index contributed by atoms with van der Waals surface area (Å²) in [6.07, 6.45) is -0.216. The Morgan fingerprint density at radius 1 is 1.44 bits per heavy atom. The van der Waals surface area contributed by atoms with Crippen molar-refractivity contribution in [1.82, 2.24) is 10.6 Å². The third-order valence-electron chi connectivity index (χ3n) is 2.93. The number of aliphatic hydroxyl groups excluding tert-OH is 1. The zero-order chi connectivity index (χ0) is 11.4. The summed E-state index contributed by atoms with van der Waals surface area (Å²) in [6.45, 7) is 3.23. The second-order valence-corrected chi connectivity index (χ2v) is 4.68. The quantitative estimate of drug-likeness (QED) is 0.736. The number of nitrogens with one attached hydrogen (secondary N) is 2. The highest BCUT2D eigenvalue weighted by molar-refractivity contribution is 6.30. The number of halogens is 1. The number of β-amino-alcohol motifs (C(OH)–C–C–N with tert-alkyl or cyclic N) is 1. The van der Waals surface area contributed by atoms with Crippen molar-refractivity contribution in [2.75, 3.05) is 19.6 Å². The van der Waals surface area contributed by atoms with Gasteiger partial charge in [-0.2, -0.15) is 0 Å². The second kappa shape index (κ2) is 5.64. The standard InChI is InChI=1S/C12H17ClN2O/c13-11-3-1-2-9(4-11)5-14-6-10-7-15-8-12(10)16/h1-4,10,12,14-16H,5-8H2. The zero-order valence-electron chi connectivity index (χ0n) is 9.12. The van der Waals surface area contributed by atoms with Gasteiger partial charge in [-0.25, -0.2) is 0 Å². The van der Waals surface area contributed by atoms with Crippen LogP contribution in [0, 0.1) is 5.92 Å². The van der Waals surface area contributed by atoms with Crippen molar-refractivity contribution in [3.63, 3.8) is 0 Å². The summed E-state index contributed by atoms with van der Waals surface area (Å²) < 4.78 is 0. The van der Waals surface area contributed by atoms with E-state index in [1.54, 1.807) is 0 Å². The van der Waals surface area contributed by atoms with Crippen molar-refractivity contribution in [2.24, 2.45) is 5.92 Å². The van der Waals surface area contributed by atoms with E-state index in [1.807, 2.05) is 24.3 Å². The highest BCUT2D eigenvalue weighted by Crippen LogP contribution is 2.11. The lowest BCUT2D eigenvalue weighted by Crippen LogP contribution is -2.30. The second-order valence-electron chi connectivity index (χ2n) is 4.25. The summed E-state index contributed by atoms with van der Waals surface area (Å²) in [5.74, 6) is 0.319. The third kappa shape index (κ3) is 3.19. The van der Waals surface area contributed by atoms with Crippen LogP contribution in [-0.4, -0.2) is 30.8 Å². The molecule has 4 heteroatoms. The first-order valence-corrected chi connectivity index (χ1v) is 5.97. The van der Waals surface area contributed by atoms with Gasteiger partial charge in [-0.05, 0) is 17.7 Å². The van der Waals surface area contributed by atoms with E-state index in [0.717, 1.165) is 24.7 Å². The van der Waals surface area contributed by atoms with E-state index >= 15 is 0 Å². The van der Waals surface area contributed by atoms with Crippen LogP contribution in [0.5, 0.6) is 0 Å². The lowest BCUT2D eigenvalue weighted by molar-refractivity contribution is 0.146. The number of aliphatic hydroxyl groups is 1. The van der Waals surface area contributed by atoms with Crippen LogP contribution in [0.25, 0.3) is 0 Å². The van der Waals surface area contributed by atoms with E-state index < -0.39 is 0 Å². The monoisotopic (exact) mass is 240 g/mol. The predicted octanol–water partition coefficient (Wildman–Crippen LogP) is 1.01. The summed E-state index contributed by atoms with van der Waals surface area (Å²) in [6, 6.07) is 7.82. The van der Waals surface area contributed by atoms with E-state index in [-0.39, 0.29) is 6.10 Å². The Labute approximate surface area is 101 Å². The summed E-state index contributed by atoms with van der Waals surface area (Å²) >= 11 is 5.90. The fraction of sp³-hybridized carbons (Fsp3) is 0.500. The van der Waals surface area contributed by atoms with Gasteiger partial charge in [0.15, 0.2) is 0 Å². The van der Waals surface area contributed by atoms with Gasteiger partial charge in [-0.3, -0.25) is 0 Å². The minimum absolute atomic E-state index is 0.216. The van der Waals surface area contributed by atoms with Crippen molar-refractivity contribution in [3.05, 3.63) is 34.9 Å². The highest BCUT2D eigenvalue weighted by Gasteiger charge is 2.23. The molecule has 0 aromatic heterocycles. The van der Waals surface area contributed by atoms with E-state index in [1.165, 1.54) is 5.56 Å². The predicted molar refractivity (Wildman–Crippen MR) is 65.5 cm³/mol. The van der Waals surface area contributed by atoms with Gasteiger partial charge >= 0.3 is 0 Å². The first-order chi connectivity index (χ1) is 7.75. The maximum Gasteiger partial charge on any atom is 0.0716 e. The molecule has 0 aliphatic carbocycles. The Kier molecular flexibility index (Phi) is 4.18. The van der Waals surface area contributed by atoms with Crippen LogP contribution in [-0.2, 0) is 6.54 Å². The molecule has 2 atom stereocenters. The van der Waals surface area contributed by atoms with Gasteiger partial charge in [0.2, 0.25) is 0 Å². The third-order valence-corrected chi connectivity index (χ3v) is 3.16. The van der Waals surface area contributed by atoms with Crippen molar-refractivity contribution in [3.8, 4) is 0 Å². The molecule has 16 heavy (non-hydrogen) atoms. The minimum atomic E-state index is -0.216. The molecule has 0 saturated carbocycles. The normalized spacial score (nSPS) is 24.9. The molecule has 2 unspecified atom stereocenters. The molecule has 88 valence electrons. The molecule has 3 N–H and O–H groups in total. The SMILES string of the molecule is OC1CNCC1CNCc1cccc(Cl)c1. The van der Waals surface area contributed by atoms with E-state index in [4.69, 9.17) is 11.6 Å². The zero-order valence-corrected chi connectivity index (χ0v) is 9.87. The van der Waals surface area contributed by atoms with Gasteiger partial charge in [0.25, 0.3) is 0 Å². The smallest absolute Gasteiger partial charge is 0.0716 e. The molecule has 0 radical (unpaired) electrons. The molecular weight excluding hydrogens is 224 g/mol. The van der Waals surface area contributed by atoms with Gasteiger partial charge in [0.05, 0.1) is 6.10 Å². The summed E-state index contributed by atoms with van der Waals surface area (Å²) in [4.78, 5) is 0. The molecule has 3 nitrogen and oxygen atoms in total. The average Bonchev–Trinajstić information content (AvgIpc) is 2.65. The van der Waals surface area contributed by atoms with Gasteiger partial charge in [-0.1, -0.05) is 23.7 Å². The van der Waals surface area contributed by atoms with E-state index in [9.17, 15) is 5.11 Å². The molecule has 1 fully saturated rings. The van der Waals surface area contributed by atoms with E-state index in [0.29, 0.717) is 12.5 Å². The van der Waals surface area contributed by atoms with Gasteiger partial charge < -0.3 is 15.7 Å². The number of benzene rings is 1.